The Hall–Kier alpha value is -4.58. The molecule has 38 heavy (non-hydrogen) atoms. The fourth-order valence-electron chi connectivity index (χ4n) is 5.19. The molecule has 6 rings (SSSR count). The highest BCUT2D eigenvalue weighted by atomic mass is 16.5. The molecule has 0 aliphatic carbocycles. The van der Waals surface area contributed by atoms with E-state index < -0.39 is 12.1 Å². The highest BCUT2D eigenvalue weighted by Crippen LogP contribution is 2.35. The molecule has 0 saturated heterocycles. The van der Waals surface area contributed by atoms with Gasteiger partial charge in [-0.25, -0.2) is 14.3 Å². The molecule has 1 aliphatic heterocycles. The first-order valence-corrected chi connectivity index (χ1v) is 12.9. The van der Waals surface area contributed by atoms with Crippen LogP contribution >= 0.6 is 0 Å². The SMILES string of the molecule is CCC(OC(=O)c1ccc(C[n+]2ccccc2)cc1)c1cc2n(c(=O)c1C)Cc1cc3ccccc3nc1-2. The van der Waals surface area contributed by atoms with Gasteiger partial charge in [-0.05, 0) is 43.7 Å². The third-order valence-corrected chi connectivity index (χ3v) is 7.26. The van der Waals surface area contributed by atoms with Crippen LogP contribution < -0.4 is 10.1 Å². The Morgan fingerprint density at radius 2 is 1.79 bits per heavy atom. The predicted molar refractivity (Wildman–Crippen MR) is 146 cm³/mol. The third kappa shape index (κ3) is 4.28. The lowest BCUT2D eigenvalue weighted by molar-refractivity contribution is -0.688. The van der Waals surface area contributed by atoms with Gasteiger partial charge in [-0.2, -0.15) is 0 Å². The van der Waals surface area contributed by atoms with Crippen LogP contribution in [0.25, 0.3) is 22.3 Å². The molecule has 0 saturated carbocycles. The number of benzene rings is 2. The van der Waals surface area contributed by atoms with Gasteiger partial charge in [-0.1, -0.05) is 43.3 Å². The Bertz CT molecular complexity index is 1720. The van der Waals surface area contributed by atoms with E-state index in [4.69, 9.17) is 9.72 Å². The Balaban J connectivity index is 1.28. The van der Waals surface area contributed by atoms with Crippen molar-refractivity contribution in [1.82, 2.24) is 9.55 Å². The molecule has 5 aromatic rings. The fraction of sp³-hybridized carbons (Fsp3) is 0.188. The maximum absolute atomic E-state index is 13.4. The van der Waals surface area contributed by atoms with Crippen molar-refractivity contribution >= 4 is 16.9 Å². The van der Waals surface area contributed by atoms with Crippen LogP contribution in [0.3, 0.4) is 0 Å². The predicted octanol–water partition coefficient (Wildman–Crippen LogP) is 5.38. The van der Waals surface area contributed by atoms with Crippen LogP contribution in [0.2, 0.25) is 0 Å². The van der Waals surface area contributed by atoms with Crippen LogP contribution in [0.1, 0.15) is 52.1 Å². The molecule has 1 aliphatic rings. The van der Waals surface area contributed by atoms with Crippen LogP contribution in [0.5, 0.6) is 0 Å². The number of rotatable bonds is 6. The lowest BCUT2D eigenvalue weighted by Gasteiger charge is -2.20. The van der Waals surface area contributed by atoms with E-state index in [1.165, 1.54) is 0 Å². The molecule has 0 fully saturated rings. The number of pyridine rings is 3. The Morgan fingerprint density at radius 1 is 1.03 bits per heavy atom. The van der Waals surface area contributed by atoms with E-state index in [1.807, 2.05) is 86.9 Å². The molecular formula is C32H28N3O3+. The maximum atomic E-state index is 13.4. The van der Waals surface area contributed by atoms with Crippen LogP contribution in [0.15, 0.2) is 96.1 Å². The first-order valence-electron chi connectivity index (χ1n) is 12.9. The molecule has 1 atom stereocenters. The topological polar surface area (TPSA) is 65.1 Å². The molecule has 0 N–H and O–H groups in total. The number of nitrogens with zero attached hydrogens (tertiary/aromatic N) is 3. The number of para-hydroxylation sites is 1. The van der Waals surface area contributed by atoms with Crippen molar-refractivity contribution in [3.63, 3.8) is 0 Å². The van der Waals surface area contributed by atoms with Gasteiger partial charge in [0.05, 0.1) is 29.0 Å². The van der Waals surface area contributed by atoms with Gasteiger partial charge in [0.2, 0.25) is 0 Å². The monoisotopic (exact) mass is 502 g/mol. The molecule has 3 aromatic heterocycles. The molecule has 1 unspecified atom stereocenters. The number of carbonyl (C=O) groups excluding carboxylic acids is 1. The van der Waals surface area contributed by atoms with E-state index >= 15 is 0 Å². The van der Waals surface area contributed by atoms with Gasteiger partial charge in [-0.15, -0.1) is 0 Å². The molecule has 4 heterocycles. The van der Waals surface area contributed by atoms with E-state index in [2.05, 4.69) is 10.6 Å². The summed E-state index contributed by atoms with van der Waals surface area (Å²) in [5, 5.41) is 1.05. The van der Waals surface area contributed by atoms with Gasteiger partial charge in [-0.3, -0.25) is 4.79 Å². The summed E-state index contributed by atoms with van der Waals surface area (Å²) in [5.74, 6) is -0.403. The zero-order valence-electron chi connectivity index (χ0n) is 21.4. The molecule has 0 amide bonds. The maximum Gasteiger partial charge on any atom is 0.338 e. The molecule has 0 radical (unpaired) electrons. The molecule has 2 aromatic carbocycles. The standard InChI is InChI=1S/C32H28N3O3/c1-3-29(38-32(37)23-13-11-22(12-14-23)19-34-15-7-4-8-16-34)26-18-28-30-25(20-35(28)31(36)21(26)2)17-24-9-5-6-10-27(24)33-30/h4-18,29H,3,19-20H2,1-2H3/q+1. The van der Waals surface area contributed by atoms with Gasteiger partial charge in [0.1, 0.15) is 6.10 Å². The van der Waals surface area contributed by atoms with Crippen LogP contribution in [-0.2, 0) is 17.8 Å². The summed E-state index contributed by atoms with van der Waals surface area (Å²) in [6.45, 7) is 4.98. The van der Waals surface area contributed by atoms with Gasteiger partial charge >= 0.3 is 5.97 Å². The number of hydrogen-bond acceptors (Lipinski definition) is 4. The summed E-state index contributed by atoms with van der Waals surface area (Å²) in [6.07, 6.45) is 4.03. The van der Waals surface area contributed by atoms with Gasteiger partial charge in [0.15, 0.2) is 18.9 Å². The van der Waals surface area contributed by atoms with E-state index in [1.54, 1.807) is 16.7 Å². The second-order valence-corrected chi connectivity index (χ2v) is 9.74. The van der Waals surface area contributed by atoms with Crippen molar-refractivity contribution in [1.29, 1.82) is 0 Å². The zero-order chi connectivity index (χ0) is 26.2. The number of fused-ring (bicyclic) bond motifs is 4. The molecule has 0 spiro atoms. The van der Waals surface area contributed by atoms with Crippen LogP contribution in [0, 0.1) is 6.92 Å². The van der Waals surface area contributed by atoms with Crippen LogP contribution in [-0.4, -0.2) is 15.5 Å². The van der Waals surface area contributed by atoms with E-state index in [9.17, 15) is 9.59 Å². The number of carbonyl (C=O) groups is 1. The summed E-state index contributed by atoms with van der Waals surface area (Å²) in [7, 11) is 0. The Kier molecular flexibility index (Phi) is 6.08. The molecule has 6 heteroatoms. The van der Waals surface area contributed by atoms with Crippen molar-refractivity contribution in [3.05, 3.63) is 129 Å². The third-order valence-electron chi connectivity index (χ3n) is 7.26. The number of esters is 1. The largest absolute Gasteiger partial charge is 0.454 e. The molecule has 0 bridgehead atoms. The first-order chi connectivity index (χ1) is 18.5. The minimum absolute atomic E-state index is 0.0724. The van der Waals surface area contributed by atoms with Crippen molar-refractivity contribution in [2.24, 2.45) is 0 Å². The quantitative estimate of drug-likeness (QED) is 0.227. The number of hydrogen-bond donors (Lipinski definition) is 0. The summed E-state index contributed by atoms with van der Waals surface area (Å²) < 4.78 is 9.82. The minimum atomic E-state index is -0.537. The summed E-state index contributed by atoms with van der Waals surface area (Å²) in [6, 6.07) is 25.5. The smallest absolute Gasteiger partial charge is 0.338 e. The number of aromatic nitrogens is 3. The van der Waals surface area contributed by atoms with E-state index in [-0.39, 0.29) is 5.56 Å². The second-order valence-electron chi connectivity index (χ2n) is 9.74. The lowest BCUT2D eigenvalue weighted by atomic mass is 10.0. The normalized spacial score (nSPS) is 12.7. The van der Waals surface area contributed by atoms with Gasteiger partial charge in [0.25, 0.3) is 5.56 Å². The van der Waals surface area contributed by atoms with E-state index in [0.29, 0.717) is 24.1 Å². The highest BCUT2D eigenvalue weighted by Gasteiger charge is 2.27. The second kappa shape index (κ2) is 9.71. The van der Waals surface area contributed by atoms with Crippen molar-refractivity contribution in [2.75, 3.05) is 0 Å². The minimum Gasteiger partial charge on any atom is -0.454 e. The molecule has 6 nitrogen and oxygen atoms in total. The average molecular weight is 503 g/mol. The first kappa shape index (κ1) is 23.8. The van der Waals surface area contributed by atoms with Crippen LogP contribution in [0.4, 0.5) is 0 Å². The van der Waals surface area contributed by atoms with Gasteiger partial charge < -0.3 is 9.30 Å². The van der Waals surface area contributed by atoms with E-state index in [0.717, 1.165) is 45.5 Å². The Morgan fingerprint density at radius 3 is 2.55 bits per heavy atom. The molecule has 188 valence electrons. The lowest BCUT2D eigenvalue weighted by Crippen LogP contribution is -2.32. The Labute approximate surface area is 220 Å². The highest BCUT2D eigenvalue weighted by molar-refractivity contribution is 5.89. The summed E-state index contributed by atoms with van der Waals surface area (Å²) in [5.41, 5.74) is 6.33. The zero-order valence-corrected chi connectivity index (χ0v) is 21.4. The molecular weight excluding hydrogens is 474 g/mol. The van der Waals surface area contributed by atoms with Crippen molar-refractivity contribution < 1.29 is 14.1 Å². The fourth-order valence-corrected chi connectivity index (χ4v) is 5.19. The van der Waals surface area contributed by atoms with Crippen molar-refractivity contribution in [3.8, 4) is 11.4 Å². The average Bonchev–Trinajstić information content (AvgIpc) is 3.30. The van der Waals surface area contributed by atoms with Gasteiger partial charge in [0, 0.05) is 39.8 Å². The summed E-state index contributed by atoms with van der Waals surface area (Å²) >= 11 is 0. The van der Waals surface area contributed by atoms with Crippen molar-refractivity contribution in [2.45, 2.75) is 39.5 Å². The number of ether oxygens (including phenoxy) is 1. The summed E-state index contributed by atoms with van der Waals surface area (Å²) in [4.78, 5) is 31.4.